The van der Waals surface area contributed by atoms with Gasteiger partial charge in [0.15, 0.2) is 0 Å². The normalized spacial score (nSPS) is 11.5. The average molecular weight is 374 g/mol. The summed E-state index contributed by atoms with van der Waals surface area (Å²) in [4.78, 5) is 17.1. The predicted octanol–water partition coefficient (Wildman–Crippen LogP) is 3.47. The summed E-state index contributed by atoms with van der Waals surface area (Å²) in [7, 11) is -4.26. The Hall–Kier alpha value is 1.11. The first-order valence-corrected chi connectivity index (χ1v) is 11.3. The van der Waals surface area contributed by atoms with Crippen LogP contribution in [0.25, 0.3) is 0 Å². The summed E-state index contributed by atoms with van der Waals surface area (Å²) in [6.07, 6.45) is 20.7. The van der Waals surface area contributed by atoms with Gasteiger partial charge in [0.1, 0.15) is 0 Å². The van der Waals surface area contributed by atoms with Crippen LogP contribution in [0, 0.1) is 0 Å². The molecule has 0 saturated heterocycles. The maximum absolute atomic E-state index is 10.5. The number of rotatable bonds is 18. The molecule has 142 valence electrons. The number of hydrogen-bond donors (Lipinski definition) is 2. The Labute approximate surface area is 173 Å². The summed E-state index contributed by atoms with van der Waals surface area (Å²) in [5.41, 5.74) is 0. The van der Waals surface area contributed by atoms with E-state index in [2.05, 4.69) is 11.4 Å². The maximum atomic E-state index is 10.5. The third kappa shape index (κ3) is 25.4. The largest absolute Gasteiger partial charge is 1.00 e. The molecule has 24 heavy (non-hydrogen) atoms. The quantitative estimate of drug-likeness (QED) is 0.219. The van der Waals surface area contributed by atoms with E-state index in [1.807, 2.05) is 0 Å². The third-order valence-corrected chi connectivity index (χ3v) is 4.78. The molecule has 0 aromatic heterocycles. The first-order chi connectivity index (χ1) is 11.1. The molecule has 0 fully saturated rings. The van der Waals surface area contributed by atoms with Gasteiger partial charge < -0.3 is 11.2 Å². The molecule has 0 aromatic carbocycles. The van der Waals surface area contributed by atoms with Crippen LogP contribution in [0.2, 0.25) is 0 Å². The van der Waals surface area contributed by atoms with Crippen molar-refractivity contribution in [1.29, 1.82) is 0 Å². The summed E-state index contributed by atoms with van der Waals surface area (Å²) < 4.78 is 14.9. The fourth-order valence-corrected chi connectivity index (χ4v) is 3.20. The predicted molar refractivity (Wildman–Crippen MR) is 98.7 cm³/mol. The summed E-state index contributed by atoms with van der Waals surface area (Å²) in [5.74, 6) is 0. The van der Waals surface area contributed by atoms with Gasteiger partial charge in [0.2, 0.25) is 0 Å². The molecule has 6 heteroatoms. The van der Waals surface area contributed by atoms with Crippen molar-refractivity contribution < 1.29 is 49.9 Å². The van der Waals surface area contributed by atoms with Gasteiger partial charge >= 0.3 is 37.4 Å². The van der Waals surface area contributed by atoms with Crippen molar-refractivity contribution in [1.82, 2.24) is 0 Å². The first kappa shape index (κ1) is 27.3. The van der Waals surface area contributed by atoms with Crippen LogP contribution in [0.15, 0.2) is 0 Å². The molecule has 4 nitrogen and oxygen atoms in total. The molecule has 0 aliphatic heterocycles. The van der Waals surface area contributed by atoms with Crippen LogP contribution in [0.1, 0.15) is 111 Å². The van der Waals surface area contributed by atoms with E-state index in [-0.39, 0.29) is 37.6 Å². The smallest absolute Gasteiger partial charge is 1.00 e. The second-order valence-corrected chi connectivity index (χ2v) is 7.87. The van der Waals surface area contributed by atoms with Crippen molar-refractivity contribution in [2.24, 2.45) is 0 Å². The zero-order valence-corrected chi connectivity index (χ0v) is 19.1. The Kier molecular flexibility index (Phi) is 23.3. The van der Waals surface area contributed by atoms with Gasteiger partial charge in [-0.05, 0) is 6.42 Å². The van der Waals surface area contributed by atoms with E-state index in [0.29, 0.717) is 0 Å². The van der Waals surface area contributed by atoms with Crippen molar-refractivity contribution in [3.05, 3.63) is 0 Å². The Bertz CT molecular complexity index is 290. The minimum atomic E-state index is -4.26. The Balaban J connectivity index is -0.00000242. The van der Waals surface area contributed by atoms with Gasteiger partial charge in [0.25, 0.3) is 0 Å². The molecule has 0 spiro atoms. The van der Waals surface area contributed by atoms with Crippen LogP contribution in [0.5, 0.6) is 0 Å². The van der Waals surface area contributed by atoms with Crippen LogP contribution < -0.4 is 29.6 Å². The molecule has 0 bridgehead atoms. The first-order valence-electron chi connectivity index (χ1n) is 9.76. The number of unbranched alkanes of at least 4 members (excludes halogenated alkanes) is 15. The molecule has 0 heterocycles. The zero-order valence-electron chi connectivity index (χ0n) is 17.2. The van der Waals surface area contributed by atoms with Gasteiger partial charge in [-0.2, -0.15) is 0 Å². The van der Waals surface area contributed by atoms with Gasteiger partial charge in [0, 0.05) is 0 Å². The third-order valence-electron chi connectivity index (χ3n) is 4.26. The fourth-order valence-electron chi connectivity index (χ4n) is 2.83. The molecule has 0 saturated carbocycles. The van der Waals surface area contributed by atoms with E-state index in [4.69, 9.17) is 9.79 Å². The van der Waals surface area contributed by atoms with Crippen molar-refractivity contribution in [2.45, 2.75) is 110 Å². The van der Waals surface area contributed by atoms with Crippen LogP contribution in [-0.4, -0.2) is 16.4 Å². The molecule has 0 atom stereocenters. The van der Waals surface area contributed by atoms with Crippen LogP contribution in [-0.2, 0) is 9.09 Å². The van der Waals surface area contributed by atoms with Gasteiger partial charge in [-0.1, -0.05) is 103 Å². The monoisotopic (exact) mass is 374 g/mol. The zero-order chi connectivity index (χ0) is 17.2. The van der Waals surface area contributed by atoms with E-state index in [0.717, 1.165) is 19.3 Å². The maximum Gasteiger partial charge on any atom is 1.00 e. The van der Waals surface area contributed by atoms with Crippen molar-refractivity contribution in [3.63, 3.8) is 0 Å². The number of hydrogen-bond acceptors (Lipinski definition) is 2. The molecule has 0 amide bonds. The number of phosphoric ester groups is 1. The summed E-state index contributed by atoms with van der Waals surface area (Å²) in [5, 5.41) is 0. The Morgan fingerprint density at radius 2 is 0.958 bits per heavy atom. The standard InChI is InChI=1S/C18H39O4P.Na.H/c1-2-3-4-5-6-7-8-9-10-11-12-13-14-15-16-17-18-22-23(19,20)21;;/h2-18H2,1H3,(H2,19,20,21);;/q;+1;-1. The molecule has 0 rings (SSSR count). The van der Waals surface area contributed by atoms with E-state index in [1.165, 1.54) is 83.5 Å². The minimum absolute atomic E-state index is 0. The molecule has 0 aliphatic rings. The molecule has 0 radical (unpaired) electrons. The number of phosphoric acid groups is 1. The molecule has 0 aliphatic carbocycles. The van der Waals surface area contributed by atoms with Crippen LogP contribution >= 0.6 is 7.82 Å². The second kappa shape index (κ2) is 20.4. The van der Waals surface area contributed by atoms with E-state index >= 15 is 0 Å². The molecule has 0 aromatic rings. The molecular formula is C18H40NaO4P. The van der Waals surface area contributed by atoms with Crippen LogP contribution in [0.4, 0.5) is 0 Å². The minimum Gasteiger partial charge on any atom is -1.00 e. The van der Waals surface area contributed by atoms with Gasteiger partial charge in [-0.25, -0.2) is 4.57 Å². The van der Waals surface area contributed by atoms with E-state index in [1.54, 1.807) is 0 Å². The van der Waals surface area contributed by atoms with Crippen LogP contribution in [0.3, 0.4) is 0 Å². The summed E-state index contributed by atoms with van der Waals surface area (Å²) in [6, 6.07) is 0. The summed E-state index contributed by atoms with van der Waals surface area (Å²) in [6.45, 7) is 2.43. The summed E-state index contributed by atoms with van der Waals surface area (Å²) >= 11 is 0. The molecule has 0 unspecified atom stereocenters. The van der Waals surface area contributed by atoms with Crippen molar-refractivity contribution in [2.75, 3.05) is 6.61 Å². The Morgan fingerprint density at radius 1 is 0.667 bits per heavy atom. The van der Waals surface area contributed by atoms with E-state index < -0.39 is 7.82 Å². The van der Waals surface area contributed by atoms with Crippen molar-refractivity contribution >= 4 is 7.82 Å². The van der Waals surface area contributed by atoms with Crippen molar-refractivity contribution in [3.8, 4) is 0 Å². The molecule has 2 N–H and O–H groups in total. The Morgan fingerprint density at radius 3 is 1.25 bits per heavy atom. The fraction of sp³-hybridized carbons (Fsp3) is 1.00. The SMILES string of the molecule is CCCCCCCCCCCCCCCCCCOP(=O)(O)O.[H-].[Na+]. The van der Waals surface area contributed by atoms with Gasteiger partial charge in [0.05, 0.1) is 6.61 Å². The van der Waals surface area contributed by atoms with Gasteiger partial charge in [-0.3, -0.25) is 4.52 Å². The molecular weight excluding hydrogens is 334 g/mol. The van der Waals surface area contributed by atoms with Gasteiger partial charge in [-0.15, -0.1) is 0 Å². The average Bonchev–Trinajstić information content (AvgIpc) is 2.49. The topological polar surface area (TPSA) is 66.8 Å². The van der Waals surface area contributed by atoms with E-state index in [9.17, 15) is 4.57 Å². The second-order valence-electron chi connectivity index (χ2n) is 6.63.